The molecule has 1 saturated heterocycles. The molecule has 2 rings (SSSR count). The summed E-state index contributed by atoms with van der Waals surface area (Å²) in [6.45, 7) is 2.77. The normalized spacial score (nSPS) is 19.5. The number of amides is 1. The Hall–Kier alpha value is -2.15. The first kappa shape index (κ1) is 15.2. The van der Waals surface area contributed by atoms with Gasteiger partial charge in [0.2, 0.25) is 0 Å². The molecule has 21 heavy (non-hydrogen) atoms. The van der Waals surface area contributed by atoms with Crippen molar-refractivity contribution in [2.45, 2.75) is 25.1 Å². The Morgan fingerprint density at radius 3 is 2.33 bits per heavy atom. The third-order valence-corrected chi connectivity index (χ3v) is 5.74. The van der Waals surface area contributed by atoms with E-state index in [1.54, 1.807) is 24.3 Å². The Bertz CT molecular complexity index is 716. The van der Waals surface area contributed by atoms with Crippen LogP contribution < -0.4 is 0 Å². The second-order valence-electron chi connectivity index (χ2n) is 5.24. The SMILES string of the molecule is CC1(C)C(=O)N(Cc2ccc(C=CC(=O)O)cc2)S1(=O)=O. The minimum Gasteiger partial charge on any atom is -0.478 e. The van der Waals surface area contributed by atoms with E-state index in [0.717, 1.165) is 10.4 Å². The predicted octanol–water partition coefficient (Wildman–Crippen LogP) is 1.24. The van der Waals surface area contributed by atoms with Gasteiger partial charge >= 0.3 is 5.97 Å². The molecule has 0 radical (unpaired) electrons. The van der Waals surface area contributed by atoms with Crippen LogP contribution in [0.2, 0.25) is 0 Å². The van der Waals surface area contributed by atoms with Crippen LogP contribution in [0.25, 0.3) is 6.08 Å². The second kappa shape index (κ2) is 5.00. The molecule has 0 spiro atoms. The first-order valence-electron chi connectivity index (χ1n) is 6.23. The van der Waals surface area contributed by atoms with Gasteiger partial charge in [-0.25, -0.2) is 17.5 Å². The number of benzene rings is 1. The molecule has 0 bridgehead atoms. The number of hydrogen-bond acceptors (Lipinski definition) is 4. The summed E-state index contributed by atoms with van der Waals surface area (Å²) in [5.41, 5.74) is 1.34. The van der Waals surface area contributed by atoms with E-state index in [2.05, 4.69) is 0 Å². The van der Waals surface area contributed by atoms with Gasteiger partial charge < -0.3 is 5.11 Å². The Morgan fingerprint density at radius 2 is 1.86 bits per heavy atom. The largest absolute Gasteiger partial charge is 0.478 e. The van der Waals surface area contributed by atoms with Gasteiger partial charge in [-0.15, -0.1) is 0 Å². The lowest BCUT2D eigenvalue weighted by Crippen LogP contribution is -2.66. The highest BCUT2D eigenvalue weighted by atomic mass is 32.2. The molecule has 1 aliphatic rings. The third kappa shape index (κ3) is 2.56. The Morgan fingerprint density at radius 1 is 1.29 bits per heavy atom. The van der Waals surface area contributed by atoms with Crippen LogP contribution in [-0.4, -0.2) is 34.5 Å². The molecule has 112 valence electrons. The summed E-state index contributed by atoms with van der Waals surface area (Å²) < 4.78 is 23.4. The third-order valence-electron chi connectivity index (χ3n) is 3.40. The fraction of sp³-hybridized carbons (Fsp3) is 0.286. The van der Waals surface area contributed by atoms with E-state index in [9.17, 15) is 18.0 Å². The van der Waals surface area contributed by atoms with Crippen LogP contribution in [0.3, 0.4) is 0 Å². The van der Waals surface area contributed by atoms with Gasteiger partial charge in [-0.1, -0.05) is 24.3 Å². The van der Waals surface area contributed by atoms with Crippen molar-refractivity contribution in [3.63, 3.8) is 0 Å². The molecule has 1 N–H and O–H groups in total. The standard InChI is InChI=1S/C14H15NO5S/c1-14(2)13(18)15(21(14,19)20)9-11-5-3-10(4-6-11)7-8-12(16)17/h3-8H,9H2,1-2H3,(H,16,17). The Labute approximate surface area is 122 Å². The molecule has 1 aromatic rings. The predicted molar refractivity (Wildman–Crippen MR) is 76.7 cm³/mol. The first-order valence-corrected chi connectivity index (χ1v) is 7.67. The average molecular weight is 309 g/mol. The number of carboxylic acids is 1. The summed E-state index contributed by atoms with van der Waals surface area (Å²) in [4.78, 5) is 22.2. The summed E-state index contributed by atoms with van der Waals surface area (Å²) in [6.07, 6.45) is 2.45. The number of nitrogens with zero attached hydrogens (tertiary/aromatic N) is 1. The minimum atomic E-state index is -3.59. The van der Waals surface area contributed by atoms with Crippen molar-refractivity contribution in [1.82, 2.24) is 4.31 Å². The summed E-state index contributed by atoms with van der Waals surface area (Å²) in [7, 11) is -3.59. The lowest BCUT2D eigenvalue weighted by molar-refractivity contribution is -0.133. The fourth-order valence-electron chi connectivity index (χ4n) is 1.98. The molecule has 7 heteroatoms. The molecule has 0 saturated carbocycles. The molecule has 1 amide bonds. The lowest BCUT2D eigenvalue weighted by atomic mass is 10.1. The van der Waals surface area contributed by atoms with Gasteiger partial charge in [-0.3, -0.25) is 4.79 Å². The number of hydrogen-bond donors (Lipinski definition) is 1. The lowest BCUT2D eigenvalue weighted by Gasteiger charge is -2.43. The maximum Gasteiger partial charge on any atom is 0.328 e. The van der Waals surface area contributed by atoms with E-state index in [4.69, 9.17) is 5.11 Å². The van der Waals surface area contributed by atoms with Gasteiger partial charge in [-0.2, -0.15) is 0 Å². The van der Waals surface area contributed by atoms with Crippen molar-refractivity contribution in [3.8, 4) is 0 Å². The van der Waals surface area contributed by atoms with Crippen LogP contribution in [0.1, 0.15) is 25.0 Å². The van der Waals surface area contributed by atoms with Crippen LogP contribution >= 0.6 is 0 Å². The van der Waals surface area contributed by atoms with Crippen molar-refractivity contribution >= 4 is 28.0 Å². The van der Waals surface area contributed by atoms with Gasteiger partial charge in [-0.05, 0) is 31.1 Å². The topological polar surface area (TPSA) is 91.8 Å². The Kier molecular flexibility index (Phi) is 3.63. The summed E-state index contributed by atoms with van der Waals surface area (Å²) in [6, 6.07) is 6.65. The van der Waals surface area contributed by atoms with Gasteiger partial charge in [0.05, 0.1) is 6.54 Å². The maximum absolute atomic E-state index is 12.0. The highest BCUT2D eigenvalue weighted by molar-refractivity contribution is 7.94. The van der Waals surface area contributed by atoms with E-state index in [1.165, 1.54) is 19.9 Å². The molecule has 1 aliphatic heterocycles. The Balaban J connectivity index is 2.12. The second-order valence-corrected chi connectivity index (χ2v) is 7.65. The van der Waals surface area contributed by atoms with E-state index >= 15 is 0 Å². The molecule has 1 aromatic carbocycles. The monoisotopic (exact) mass is 309 g/mol. The molecule has 1 heterocycles. The molecular weight excluding hydrogens is 294 g/mol. The van der Waals surface area contributed by atoms with E-state index < -0.39 is 26.6 Å². The van der Waals surface area contributed by atoms with Gasteiger partial charge in [0.25, 0.3) is 15.9 Å². The molecule has 6 nitrogen and oxygen atoms in total. The zero-order valence-electron chi connectivity index (χ0n) is 11.6. The molecule has 0 aliphatic carbocycles. The number of aliphatic carboxylic acids is 1. The zero-order valence-corrected chi connectivity index (χ0v) is 12.4. The molecule has 0 unspecified atom stereocenters. The van der Waals surface area contributed by atoms with E-state index in [-0.39, 0.29) is 6.54 Å². The highest BCUT2D eigenvalue weighted by Crippen LogP contribution is 2.35. The number of carbonyl (C=O) groups excluding carboxylic acids is 1. The number of carboxylic acid groups (broad SMARTS) is 1. The molecule has 1 fully saturated rings. The first-order chi connectivity index (χ1) is 9.66. The van der Waals surface area contributed by atoms with Crippen LogP contribution in [0.4, 0.5) is 0 Å². The summed E-state index contributed by atoms with van der Waals surface area (Å²) >= 11 is 0. The fourth-order valence-corrected chi connectivity index (χ4v) is 3.50. The van der Waals surface area contributed by atoms with E-state index in [1.807, 2.05) is 0 Å². The van der Waals surface area contributed by atoms with Crippen molar-refractivity contribution in [2.75, 3.05) is 0 Å². The summed E-state index contributed by atoms with van der Waals surface area (Å²) in [5, 5.41) is 8.53. The van der Waals surface area contributed by atoms with Crippen LogP contribution in [-0.2, 0) is 26.2 Å². The smallest absolute Gasteiger partial charge is 0.328 e. The van der Waals surface area contributed by atoms with Gasteiger partial charge in [0.1, 0.15) is 0 Å². The van der Waals surface area contributed by atoms with Crippen molar-refractivity contribution in [2.24, 2.45) is 0 Å². The van der Waals surface area contributed by atoms with Crippen molar-refractivity contribution in [3.05, 3.63) is 41.5 Å². The van der Waals surface area contributed by atoms with Crippen molar-refractivity contribution in [1.29, 1.82) is 0 Å². The van der Waals surface area contributed by atoms with Gasteiger partial charge in [0, 0.05) is 6.08 Å². The van der Waals surface area contributed by atoms with E-state index in [0.29, 0.717) is 11.1 Å². The quantitative estimate of drug-likeness (QED) is 0.845. The molecule has 0 atom stereocenters. The highest BCUT2D eigenvalue weighted by Gasteiger charge is 2.59. The molecule has 0 aromatic heterocycles. The van der Waals surface area contributed by atoms with Gasteiger partial charge in [0.15, 0.2) is 4.75 Å². The zero-order chi connectivity index (χ0) is 15.8. The minimum absolute atomic E-state index is 0.00643. The summed E-state index contributed by atoms with van der Waals surface area (Å²) in [5.74, 6) is -1.46. The number of rotatable bonds is 4. The molecular formula is C14H15NO5S. The van der Waals surface area contributed by atoms with Crippen LogP contribution in [0.15, 0.2) is 30.3 Å². The number of carbonyl (C=O) groups is 2. The van der Waals surface area contributed by atoms with Crippen LogP contribution in [0.5, 0.6) is 0 Å². The number of sulfonamides is 1. The average Bonchev–Trinajstić information content (AvgIpc) is 2.42. The van der Waals surface area contributed by atoms with Crippen molar-refractivity contribution < 1.29 is 23.1 Å². The van der Waals surface area contributed by atoms with Crippen LogP contribution in [0, 0.1) is 0 Å². The maximum atomic E-state index is 12.0.